The molecule has 1 rings (SSSR count). The van der Waals surface area contributed by atoms with Crippen molar-refractivity contribution in [3.8, 4) is 0 Å². The summed E-state index contributed by atoms with van der Waals surface area (Å²) in [5, 5.41) is 0. The molecule has 0 aliphatic carbocycles. The van der Waals surface area contributed by atoms with E-state index in [2.05, 4.69) is 4.74 Å². The molecule has 1 saturated heterocycles. The van der Waals surface area contributed by atoms with Crippen molar-refractivity contribution in [2.75, 3.05) is 20.0 Å². The highest BCUT2D eigenvalue weighted by molar-refractivity contribution is 5.68. The SMILES string of the molecule is O=C(OCF)N1CCC1. The van der Waals surface area contributed by atoms with Crippen LogP contribution in [0.25, 0.3) is 0 Å². The lowest BCUT2D eigenvalue weighted by Crippen LogP contribution is -2.42. The van der Waals surface area contributed by atoms with Gasteiger partial charge in [0, 0.05) is 13.1 Å². The van der Waals surface area contributed by atoms with Gasteiger partial charge in [0.15, 0.2) is 0 Å². The third kappa shape index (κ3) is 1.31. The molecule has 4 heteroatoms. The van der Waals surface area contributed by atoms with Crippen molar-refractivity contribution in [1.29, 1.82) is 0 Å². The summed E-state index contributed by atoms with van der Waals surface area (Å²) in [6, 6.07) is 0. The van der Waals surface area contributed by atoms with Gasteiger partial charge in [0.25, 0.3) is 0 Å². The molecule has 9 heavy (non-hydrogen) atoms. The van der Waals surface area contributed by atoms with Gasteiger partial charge >= 0.3 is 6.09 Å². The second kappa shape index (κ2) is 2.66. The van der Waals surface area contributed by atoms with Crippen molar-refractivity contribution in [2.45, 2.75) is 6.42 Å². The van der Waals surface area contributed by atoms with Crippen LogP contribution in [0.15, 0.2) is 0 Å². The van der Waals surface area contributed by atoms with Crippen LogP contribution in [0.1, 0.15) is 6.42 Å². The molecule has 52 valence electrons. The smallest absolute Gasteiger partial charge is 0.412 e. The molecule has 0 N–H and O–H groups in total. The van der Waals surface area contributed by atoms with E-state index in [0.717, 1.165) is 6.42 Å². The van der Waals surface area contributed by atoms with Gasteiger partial charge in [0.05, 0.1) is 0 Å². The van der Waals surface area contributed by atoms with Crippen molar-refractivity contribution >= 4 is 6.09 Å². The Morgan fingerprint density at radius 2 is 2.33 bits per heavy atom. The Bertz CT molecular complexity index is 114. The molecule has 0 atom stereocenters. The number of hydrogen-bond acceptors (Lipinski definition) is 2. The minimum Gasteiger partial charge on any atom is -0.417 e. The minimum atomic E-state index is -1.02. The molecule has 0 aromatic rings. The molecule has 0 saturated carbocycles. The summed E-state index contributed by atoms with van der Waals surface area (Å²) >= 11 is 0. The maximum atomic E-state index is 11.3. The lowest BCUT2D eigenvalue weighted by molar-refractivity contribution is 0.0493. The van der Waals surface area contributed by atoms with Gasteiger partial charge < -0.3 is 9.64 Å². The quantitative estimate of drug-likeness (QED) is 0.528. The maximum absolute atomic E-state index is 11.3. The number of ether oxygens (including phenoxy) is 1. The molecule has 0 aromatic heterocycles. The Labute approximate surface area is 52.4 Å². The number of amides is 1. The molecule has 0 radical (unpaired) electrons. The van der Waals surface area contributed by atoms with Gasteiger partial charge in [0.2, 0.25) is 6.86 Å². The van der Waals surface area contributed by atoms with E-state index in [0.29, 0.717) is 13.1 Å². The van der Waals surface area contributed by atoms with E-state index < -0.39 is 13.0 Å². The van der Waals surface area contributed by atoms with E-state index in [-0.39, 0.29) is 0 Å². The number of carbonyl (C=O) groups excluding carboxylic acids is 1. The first-order valence-corrected chi connectivity index (χ1v) is 2.82. The van der Waals surface area contributed by atoms with Gasteiger partial charge in [-0.05, 0) is 6.42 Å². The standard InChI is InChI=1S/C5H8FNO2/c6-4-9-5(8)7-2-1-3-7/h1-4H2. The molecule has 1 fully saturated rings. The van der Waals surface area contributed by atoms with Crippen molar-refractivity contribution in [3.05, 3.63) is 0 Å². The topological polar surface area (TPSA) is 29.5 Å². The van der Waals surface area contributed by atoms with Crippen molar-refractivity contribution in [1.82, 2.24) is 4.90 Å². The molecule has 1 aliphatic rings. The van der Waals surface area contributed by atoms with Crippen molar-refractivity contribution in [2.24, 2.45) is 0 Å². The van der Waals surface area contributed by atoms with E-state index in [1.807, 2.05) is 0 Å². The van der Waals surface area contributed by atoms with Gasteiger partial charge in [-0.2, -0.15) is 0 Å². The summed E-state index contributed by atoms with van der Waals surface area (Å²) in [4.78, 5) is 11.9. The Morgan fingerprint density at radius 3 is 2.67 bits per heavy atom. The highest BCUT2D eigenvalue weighted by Crippen LogP contribution is 2.06. The van der Waals surface area contributed by atoms with E-state index in [1.165, 1.54) is 4.90 Å². The zero-order valence-corrected chi connectivity index (χ0v) is 4.97. The fraction of sp³-hybridized carbons (Fsp3) is 0.800. The monoisotopic (exact) mass is 133 g/mol. The number of halogens is 1. The van der Waals surface area contributed by atoms with Crippen LogP contribution >= 0.6 is 0 Å². The molecule has 0 unspecified atom stereocenters. The minimum absolute atomic E-state index is 0.538. The van der Waals surface area contributed by atoms with Gasteiger partial charge in [-0.3, -0.25) is 0 Å². The Hall–Kier alpha value is -0.800. The summed E-state index contributed by atoms with van der Waals surface area (Å²) in [6.45, 7) is 0.396. The molecular formula is C5H8FNO2. The predicted octanol–water partition coefficient (Wildman–Crippen LogP) is 0.756. The first-order valence-electron chi connectivity index (χ1n) is 2.82. The first kappa shape index (κ1) is 6.32. The van der Waals surface area contributed by atoms with Gasteiger partial charge in [0.1, 0.15) is 0 Å². The highest BCUT2D eigenvalue weighted by atomic mass is 19.1. The largest absolute Gasteiger partial charge is 0.417 e. The van der Waals surface area contributed by atoms with Crippen molar-refractivity contribution in [3.63, 3.8) is 0 Å². The molecule has 1 heterocycles. The lowest BCUT2D eigenvalue weighted by atomic mass is 10.2. The number of alkyl halides is 1. The molecule has 0 aromatic carbocycles. The van der Waals surface area contributed by atoms with Crippen molar-refractivity contribution < 1.29 is 13.9 Å². The third-order valence-electron chi connectivity index (χ3n) is 1.29. The van der Waals surface area contributed by atoms with E-state index in [1.54, 1.807) is 0 Å². The lowest BCUT2D eigenvalue weighted by Gasteiger charge is -2.28. The molecular weight excluding hydrogens is 125 g/mol. The van der Waals surface area contributed by atoms with Gasteiger partial charge in [-0.1, -0.05) is 0 Å². The second-order valence-electron chi connectivity index (χ2n) is 1.86. The Kier molecular flexibility index (Phi) is 1.87. The molecule has 0 spiro atoms. The molecule has 0 bridgehead atoms. The number of likely N-dealkylation sites (tertiary alicyclic amines) is 1. The Balaban J connectivity index is 2.16. The van der Waals surface area contributed by atoms with Crippen LogP contribution in [0.2, 0.25) is 0 Å². The number of nitrogens with zero attached hydrogens (tertiary/aromatic N) is 1. The van der Waals surface area contributed by atoms with Crippen LogP contribution in [-0.4, -0.2) is 30.9 Å². The highest BCUT2D eigenvalue weighted by Gasteiger charge is 2.20. The van der Waals surface area contributed by atoms with Crippen LogP contribution in [0, 0.1) is 0 Å². The summed E-state index contributed by atoms with van der Waals surface area (Å²) < 4.78 is 15.4. The average molecular weight is 133 g/mol. The first-order chi connectivity index (χ1) is 4.34. The summed E-state index contributed by atoms with van der Waals surface area (Å²) in [6.07, 6.45) is 0.463. The summed E-state index contributed by atoms with van der Waals surface area (Å²) in [7, 11) is 0. The van der Waals surface area contributed by atoms with Crippen LogP contribution < -0.4 is 0 Å². The van der Waals surface area contributed by atoms with E-state index in [9.17, 15) is 9.18 Å². The van der Waals surface area contributed by atoms with Gasteiger partial charge in [-0.15, -0.1) is 0 Å². The van der Waals surface area contributed by atoms with Gasteiger partial charge in [-0.25, -0.2) is 9.18 Å². The van der Waals surface area contributed by atoms with Crippen LogP contribution in [0.4, 0.5) is 9.18 Å². The normalized spacial score (nSPS) is 16.8. The summed E-state index contributed by atoms with van der Waals surface area (Å²) in [5.41, 5.74) is 0. The van der Waals surface area contributed by atoms with E-state index >= 15 is 0 Å². The van der Waals surface area contributed by atoms with Crippen LogP contribution in [0.5, 0.6) is 0 Å². The fourth-order valence-corrected chi connectivity index (χ4v) is 0.637. The van der Waals surface area contributed by atoms with Crippen LogP contribution in [0.3, 0.4) is 0 Å². The van der Waals surface area contributed by atoms with Crippen LogP contribution in [-0.2, 0) is 4.74 Å². The molecule has 1 amide bonds. The van der Waals surface area contributed by atoms with E-state index in [4.69, 9.17) is 0 Å². The third-order valence-corrected chi connectivity index (χ3v) is 1.29. The number of hydrogen-bond donors (Lipinski definition) is 0. The molecule has 1 aliphatic heterocycles. The predicted molar refractivity (Wildman–Crippen MR) is 28.6 cm³/mol. The Morgan fingerprint density at radius 1 is 1.67 bits per heavy atom. The maximum Gasteiger partial charge on any atom is 0.412 e. The zero-order valence-electron chi connectivity index (χ0n) is 4.97. The zero-order chi connectivity index (χ0) is 6.69. The molecule has 3 nitrogen and oxygen atoms in total. The summed E-state index contributed by atoms with van der Waals surface area (Å²) in [5.74, 6) is 0. The number of carbonyl (C=O) groups is 1. The fourth-order valence-electron chi connectivity index (χ4n) is 0.637. The second-order valence-corrected chi connectivity index (χ2v) is 1.86. The average Bonchev–Trinajstić information content (AvgIpc) is 1.60. The number of rotatable bonds is 1.